The molecule has 0 saturated carbocycles. The third-order valence-electron chi connectivity index (χ3n) is 2.82. The normalized spacial score (nSPS) is 11.9. The molecular weight excluding hydrogens is 232 g/mol. The van der Waals surface area contributed by atoms with Gasteiger partial charge in [0.15, 0.2) is 0 Å². The Hall–Kier alpha value is -1.78. The van der Waals surface area contributed by atoms with Gasteiger partial charge in [-0.2, -0.15) is 0 Å². The van der Waals surface area contributed by atoms with Crippen LogP contribution in [0, 0.1) is 16.0 Å². The SMILES string of the molecule is CCCC(C)CNc1cc([N+](=O)[O-])ccc1OC. The third-order valence-corrected chi connectivity index (χ3v) is 2.82. The minimum atomic E-state index is -0.403. The highest BCUT2D eigenvalue weighted by molar-refractivity contribution is 5.61. The molecule has 18 heavy (non-hydrogen) atoms. The summed E-state index contributed by atoms with van der Waals surface area (Å²) >= 11 is 0. The number of benzene rings is 1. The average molecular weight is 252 g/mol. The lowest BCUT2D eigenvalue weighted by molar-refractivity contribution is -0.384. The summed E-state index contributed by atoms with van der Waals surface area (Å²) < 4.78 is 5.19. The van der Waals surface area contributed by atoms with Gasteiger partial charge in [0.25, 0.3) is 5.69 Å². The van der Waals surface area contributed by atoms with Crippen molar-refractivity contribution in [1.29, 1.82) is 0 Å². The van der Waals surface area contributed by atoms with Crippen molar-refractivity contribution in [3.8, 4) is 5.75 Å². The van der Waals surface area contributed by atoms with Crippen LogP contribution in [0.15, 0.2) is 18.2 Å². The molecule has 0 amide bonds. The number of nitro benzene ring substituents is 1. The first-order valence-electron chi connectivity index (χ1n) is 6.14. The molecule has 0 aliphatic rings. The molecule has 0 bridgehead atoms. The van der Waals surface area contributed by atoms with E-state index in [0.717, 1.165) is 19.4 Å². The minimum absolute atomic E-state index is 0.0708. The second kappa shape index (κ2) is 6.83. The Morgan fingerprint density at radius 2 is 2.22 bits per heavy atom. The predicted molar refractivity (Wildman–Crippen MR) is 72.2 cm³/mol. The largest absolute Gasteiger partial charge is 0.495 e. The number of hydrogen-bond acceptors (Lipinski definition) is 4. The van der Waals surface area contributed by atoms with E-state index in [1.807, 2.05) is 0 Å². The van der Waals surface area contributed by atoms with Crippen LogP contribution in [0.1, 0.15) is 26.7 Å². The Morgan fingerprint density at radius 3 is 2.78 bits per heavy atom. The van der Waals surface area contributed by atoms with Crippen molar-refractivity contribution < 1.29 is 9.66 Å². The molecule has 5 heteroatoms. The quantitative estimate of drug-likeness (QED) is 0.596. The van der Waals surface area contributed by atoms with Crippen molar-refractivity contribution in [2.24, 2.45) is 5.92 Å². The number of nitro groups is 1. The van der Waals surface area contributed by atoms with Gasteiger partial charge in [0.05, 0.1) is 17.7 Å². The number of nitrogens with zero attached hydrogens (tertiary/aromatic N) is 1. The summed E-state index contributed by atoms with van der Waals surface area (Å²) in [7, 11) is 1.56. The monoisotopic (exact) mass is 252 g/mol. The zero-order chi connectivity index (χ0) is 13.5. The Bertz CT molecular complexity index is 407. The van der Waals surface area contributed by atoms with Gasteiger partial charge in [0.1, 0.15) is 5.75 Å². The molecule has 1 atom stereocenters. The molecule has 0 aliphatic carbocycles. The van der Waals surface area contributed by atoms with Gasteiger partial charge in [-0.1, -0.05) is 20.3 Å². The summed E-state index contributed by atoms with van der Waals surface area (Å²) in [6, 6.07) is 4.57. The number of anilines is 1. The van der Waals surface area contributed by atoms with Crippen LogP contribution in [0.2, 0.25) is 0 Å². The van der Waals surface area contributed by atoms with Crippen LogP contribution in [0.5, 0.6) is 5.75 Å². The third kappa shape index (κ3) is 3.91. The second-order valence-electron chi connectivity index (χ2n) is 4.42. The molecule has 0 radical (unpaired) electrons. The first-order chi connectivity index (χ1) is 8.58. The molecule has 1 N–H and O–H groups in total. The molecule has 1 rings (SSSR count). The van der Waals surface area contributed by atoms with Crippen molar-refractivity contribution in [2.75, 3.05) is 19.0 Å². The molecule has 0 fully saturated rings. The summed E-state index contributed by atoms with van der Waals surface area (Å²) in [6.07, 6.45) is 2.26. The standard InChI is InChI=1S/C13H20N2O3/c1-4-5-10(2)9-14-12-8-11(15(16)17)6-7-13(12)18-3/h6-8,10,14H,4-5,9H2,1-3H3. The summed E-state index contributed by atoms with van der Waals surface area (Å²) in [5, 5.41) is 13.9. The number of ether oxygens (including phenoxy) is 1. The summed E-state index contributed by atoms with van der Waals surface area (Å²) in [6.45, 7) is 5.08. The van der Waals surface area contributed by atoms with E-state index in [2.05, 4.69) is 19.2 Å². The van der Waals surface area contributed by atoms with E-state index in [4.69, 9.17) is 4.74 Å². The summed E-state index contributed by atoms with van der Waals surface area (Å²) in [4.78, 5) is 10.3. The zero-order valence-electron chi connectivity index (χ0n) is 11.1. The lowest BCUT2D eigenvalue weighted by Crippen LogP contribution is -2.11. The van der Waals surface area contributed by atoms with E-state index in [1.165, 1.54) is 12.1 Å². The molecule has 100 valence electrons. The molecule has 0 aromatic heterocycles. The van der Waals surface area contributed by atoms with Crippen LogP contribution in [0.25, 0.3) is 0 Å². The molecule has 1 aromatic carbocycles. The minimum Gasteiger partial charge on any atom is -0.495 e. The fourth-order valence-corrected chi connectivity index (χ4v) is 1.83. The summed E-state index contributed by atoms with van der Waals surface area (Å²) in [5.74, 6) is 1.16. The van der Waals surface area contributed by atoms with Gasteiger partial charge in [-0.3, -0.25) is 10.1 Å². The maximum Gasteiger partial charge on any atom is 0.271 e. The van der Waals surface area contributed by atoms with Crippen LogP contribution in [-0.4, -0.2) is 18.6 Å². The van der Waals surface area contributed by atoms with E-state index in [1.54, 1.807) is 13.2 Å². The molecular formula is C13H20N2O3. The van der Waals surface area contributed by atoms with Gasteiger partial charge in [0, 0.05) is 18.7 Å². The van der Waals surface area contributed by atoms with Gasteiger partial charge in [-0.25, -0.2) is 0 Å². The highest BCUT2D eigenvalue weighted by atomic mass is 16.6. The smallest absolute Gasteiger partial charge is 0.271 e. The Morgan fingerprint density at radius 1 is 1.50 bits per heavy atom. The second-order valence-corrected chi connectivity index (χ2v) is 4.42. The van der Waals surface area contributed by atoms with Gasteiger partial charge in [-0.05, 0) is 18.4 Å². The van der Waals surface area contributed by atoms with Crippen molar-refractivity contribution in [3.63, 3.8) is 0 Å². The topological polar surface area (TPSA) is 64.4 Å². The Kier molecular flexibility index (Phi) is 5.42. The first kappa shape index (κ1) is 14.3. The summed E-state index contributed by atoms with van der Waals surface area (Å²) in [5.41, 5.74) is 0.746. The number of hydrogen-bond donors (Lipinski definition) is 1. The van der Waals surface area contributed by atoms with Crippen molar-refractivity contribution in [2.45, 2.75) is 26.7 Å². The van der Waals surface area contributed by atoms with E-state index in [9.17, 15) is 10.1 Å². The van der Waals surface area contributed by atoms with Crippen LogP contribution in [0.4, 0.5) is 11.4 Å². The molecule has 5 nitrogen and oxygen atoms in total. The fourth-order valence-electron chi connectivity index (χ4n) is 1.83. The number of nitrogens with one attached hydrogen (secondary N) is 1. The predicted octanol–water partition coefficient (Wildman–Crippen LogP) is 3.45. The Balaban J connectivity index is 2.78. The van der Waals surface area contributed by atoms with Crippen LogP contribution < -0.4 is 10.1 Å². The molecule has 0 saturated heterocycles. The first-order valence-corrected chi connectivity index (χ1v) is 6.14. The van der Waals surface area contributed by atoms with Crippen molar-refractivity contribution in [1.82, 2.24) is 0 Å². The zero-order valence-corrected chi connectivity index (χ0v) is 11.1. The lowest BCUT2D eigenvalue weighted by Gasteiger charge is -2.14. The maximum atomic E-state index is 10.7. The Labute approximate surface area is 107 Å². The molecule has 0 heterocycles. The molecule has 1 unspecified atom stereocenters. The van der Waals surface area contributed by atoms with Gasteiger partial charge < -0.3 is 10.1 Å². The van der Waals surface area contributed by atoms with E-state index >= 15 is 0 Å². The number of rotatable bonds is 7. The molecule has 0 spiro atoms. The number of methoxy groups -OCH3 is 1. The van der Waals surface area contributed by atoms with Gasteiger partial charge in [0.2, 0.25) is 0 Å². The van der Waals surface area contributed by atoms with Crippen LogP contribution in [-0.2, 0) is 0 Å². The van der Waals surface area contributed by atoms with Crippen LogP contribution in [0.3, 0.4) is 0 Å². The molecule has 1 aromatic rings. The highest BCUT2D eigenvalue weighted by Crippen LogP contribution is 2.29. The molecule has 0 aliphatic heterocycles. The number of non-ortho nitro benzene ring substituents is 1. The lowest BCUT2D eigenvalue weighted by atomic mass is 10.1. The van der Waals surface area contributed by atoms with Gasteiger partial charge >= 0.3 is 0 Å². The van der Waals surface area contributed by atoms with E-state index < -0.39 is 4.92 Å². The van der Waals surface area contributed by atoms with Crippen molar-refractivity contribution >= 4 is 11.4 Å². The maximum absolute atomic E-state index is 10.7. The average Bonchev–Trinajstić information content (AvgIpc) is 2.36. The fraction of sp³-hybridized carbons (Fsp3) is 0.538. The highest BCUT2D eigenvalue weighted by Gasteiger charge is 2.11. The van der Waals surface area contributed by atoms with Crippen LogP contribution >= 0.6 is 0 Å². The van der Waals surface area contributed by atoms with Gasteiger partial charge in [-0.15, -0.1) is 0 Å². The van der Waals surface area contributed by atoms with E-state index in [-0.39, 0.29) is 5.69 Å². The van der Waals surface area contributed by atoms with Crippen molar-refractivity contribution in [3.05, 3.63) is 28.3 Å². The van der Waals surface area contributed by atoms with E-state index in [0.29, 0.717) is 17.4 Å².